The monoisotopic (exact) mass is 337 g/mol. The zero-order valence-corrected chi connectivity index (χ0v) is 14.6. The van der Waals surface area contributed by atoms with Crippen LogP contribution in [0.4, 0.5) is 5.69 Å². The van der Waals surface area contributed by atoms with Crippen LogP contribution in [0.2, 0.25) is 0 Å². The molecule has 5 heteroatoms. The Morgan fingerprint density at radius 1 is 1.04 bits per heavy atom. The van der Waals surface area contributed by atoms with Gasteiger partial charge in [0, 0.05) is 23.5 Å². The first-order valence-electron chi connectivity index (χ1n) is 8.37. The fraction of sp³-hybridized carbons (Fsp3) is 0.250. The van der Waals surface area contributed by atoms with Crippen molar-refractivity contribution < 1.29 is 9.84 Å². The van der Waals surface area contributed by atoms with Gasteiger partial charge in [-0.05, 0) is 50.2 Å². The van der Waals surface area contributed by atoms with Crippen LogP contribution in [0, 0.1) is 13.8 Å². The van der Waals surface area contributed by atoms with Gasteiger partial charge in [0.05, 0.1) is 18.0 Å². The number of aromatic nitrogens is 2. The number of rotatable bonds is 7. The van der Waals surface area contributed by atoms with Crippen LogP contribution in [0.1, 0.15) is 17.0 Å². The molecule has 0 fully saturated rings. The number of nitrogens with one attached hydrogen (secondary N) is 1. The van der Waals surface area contributed by atoms with Crippen LogP contribution < -0.4 is 10.1 Å². The lowest BCUT2D eigenvalue weighted by Crippen LogP contribution is -2.04. The van der Waals surface area contributed by atoms with Crippen molar-refractivity contribution in [3.63, 3.8) is 0 Å². The molecule has 0 aliphatic rings. The largest absolute Gasteiger partial charge is 0.491 e. The zero-order valence-electron chi connectivity index (χ0n) is 14.6. The van der Waals surface area contributed by atoms with E-state index in [-0.39, 0.29) is 6.61 Å². The van der Waals surface area contributed by atoms with Gasteiger partial charge in [-0.2, -0.15) is 5.10 Å². The summed E-state index contributed by atoms with van der Waals surface area (Å²) in [7, 11) is 0. The van der Waals surface area contributed by atoms with E-state index in [0.717, 1.165) is 28.5 Å². The first-order valence-corrected chi connectivity index (χ1v) is 8.37. The van der Waals surface area contributed by atoms with E-state index in [4.69, 9.17) is 9.84 Å². The predicted molar refractivity (Wildman–Crippen MR) is 99.4 cm³/mol. The first kappa shape index (κ1) is 17.0. The average molecular weight is 337 g/mol. The third-order valence-corrected chi connectivity index (χ3v) is 4.13. The number of anilines is 1. The number of aliphatic hydroxyl groups excluding tert-OH is 1. The van der Waals surface area contributed by atoms with Crippen molar-refractivity contribution in [2.75, 3.05) is 18.5 Å². The summed E-state index contributed by atoms with van der Waals surface area (Å²) >= 11 is 0. The lowest BCUT2D eigenvalue weighted by Gasteiger charge is -2.09. The highest BCUT2D eigenvalue weighted by molar-refractivity contribution is 5.47. The number of para-hydroxylation sites is 1. The van der Waals surface area contributed by atoms with Gasteiger partial charge >= 0.3 is 0 Å². The summed E-state index contributed by atoms with van der Waals surface area (Å²) in [5.74, 6) is 0.754. The number of ether oxygens (including phenoxy) is 1. The Morgan fingerprint density at radius 3 is 2.44 bits per heavy atom. The second-order valence-electron chi connectivity index (χ2n) is 5.85. The molecule has 0 amide bonds. The van der Waals surface area contributed by atoms with Gasteiger partial charge in [-0.25, -0.2) is 4.68 Å². The Balaban J connectivity index is 1.70. The minimum absolute atomic E-state index is 0.0178. The van der Waals surface area contributed by atoms with E-state index in [0.29, 0.717) is 13.2 Å². The lowest BCUT2D eigenvalue weighted by molar-refractivity contribution is 0.201. The summed E-state index contributed by atoms with van der Waals surface area (Å²) < 4.78 is 7.36. The van der Waals surface area contributed by atoms with E-state index in [2.05, 4.69) is 29.5 Å². The Labute approximate surface area is 147 Å². The number of aryl methyl sites for hydroxylation is 1. The number of hydrogen-bond acceptors (Lipinski definition) is 4. The SMILES string of the molecule is Cc1nn(-c2ccccc2)c(C)c1CNc1ccc(OCCO)cc1. The molecule has 2 N–H and O–H groups in total. The standard InChI is InChI=1S/C20H23N3O2/c1-15-20(16(2)23(22-15)18-6-4-3-5-7-18)14-21-17-8-10-19(11-9-17)25-13-12-24/h3-11,21,24H,12-14H2,1-2H3. The average Bonchev–Trinajstić information content (AvgIpc) is 2.94. The summed E-state index contributed by atoms with van der Waals surface area (Å²) in [5, 5.41) is 16.9. The summed E-state index contributed by atoms with van der Waals surface area (Å²) in [4.78, 5) is 0. The quantitative estimate of drug-likeness (QED) is 0.693. The van der Waals surface area contributed by atoms with Crippen molar-refractivity contribution in [2.45, 2.75) is 20.4 Å². The fourth-order valence-corrected chi connectivity index (χ4v) is 2.77. The van der Waals surface area contributed by atoms with Crippen LogP contribution >= 0.6 is 0 Å². The van der Waals surface area contributed by atoms with Gasteiger partial charge in [0.25, 0.3) is 0 Å². The highest BCUT2D eigenvalue weighted by atomic mass is 16.5. The molecule has 0 radical (unpaired) electrons. The van der Waals surface area contributed by atoms with Gasteiger partial charge < -0.3 is 15.2 Å². The van der Waals surface area contributed by atoms with Crippen LogP contribution in [-0.2, 0) is 6.54 Å². The zero-order chi connectivity index (χ0) is 17.6. The van der Waals surface area contributed by atoms with E-state index >= 15 is 0 Å². The highest BCUT2D eigenvalue weighted by Gasteiger charge is 2.12. The smallest absolute Gasteiger partial charge is 0.119 e. The van der Waals surface area contributed by atoms with E-state index in [1.165, 1.54) is 5.56 Å². The van der Waals surface area contributed by atoms with Crippen LogP contribution in [-0.4, -0.2) is 28.1 Å². The minimum Gasteiger partial charge on any atom is -0.491 e. The van der Waals surface area contributed by atoms with Crippen molar-refractivity contribution in [3.8, 4) is 11.4 Å². The molecule has 1 heterocycles. The molecule has 0 saturated heterocycles. The second kappa shape index (κ2) is 7.85. The summed E-state index contributed by atoms with van der Waals surface area (Å²) in [5.41, 5.74) is 5.45. The maximum atomic E-state index is 8.78. The third kappa shape index (κ3) is 4.00. The molecule has 0 spiro atoms. The summed E-state index contributed by atoms with van der Waals surface area (Å²) in [6.45, 7) is 5.17. The maximum Gasteiger partial charge on any atom is 0.119 e. The van der Waals surface area contributed by atoms with Crippen molar-refractivity contribution >= 4 is 5.69 Å². The minimum atomic E-state index is 0.0178. The predicted octanol–water partition coefficient (Wildman–Crippen LogP) is 3.47. The van der Waals surface area contributed by atoms with Gasteiger partial charge in [-0.15, -0.1) is 0 Å². The molecule has 1 aromatic heterocycles. The van der Waals surface area contributed by atoms with Crippen molar-refractivity contribution in [3.05, 3.63) is 71.5 Å². The van der Waals surface area contributed by atoms with Crippen molar-refractivity contribution in [1.29, 1.82) is 0 Å². The Bertz CT molecular complexity index is 811. The molecule has 3 rings (SSSR count). The molecule has 0 atom stereocenters. The molecule has 25 heavy (non-hydrogen) atoms. The van der Waals surface area contributed by atoms with E-state index in [1.54, 1.807) is 0 Å². The van der Waals surface area contributed by atoms with Crippen molar-refractivity contribution in [2.24, 2.45) is 0 Å². The fourth-order valence-electron chi connectivity index (χ4n) is 2.77. The summed E-state index contributed by atoms with van der Waals surface area (Å²) in [6, 6.07) is 17.9. The number of nitrogens with zero attached hydrogens (tertiary/aromatic N) is 2. The number of benzene rings is 2. The van der Waals surface area contributed by atoms with Crippen molar-refractivity contribution in [1.82, 2.24) is 9.78 Å². The van der Waals surface area contributed by atoms with Gasteiger partial charge in [0.1, 0.15) is 12.4 Å². The summed E-state index contributed by atoms with van der Waals surface area (Å²) in [6.07, 6.45) is 0. The number of aliphatic hydroxyl groups is 1. The molecular weight excluding hydrogens is 314 g/mol. The van der Waals surface area contributed by atoms with Crippen LogP contribution in [0.25, 0.3) is 5.69 Å². The normalized spacial score (nSPS) is 10.7. The maximum absolute atomic E-state index is 8.78. The molecule has 0 unspecified atom stereocenters. The Morgan fingerprint density at radius 2 is 1.76 bits per heavy atom. The Hall–Kier alpha value is -2.79. The molecule has 0 aliphatic heterocycles. The van der Waals surface area contributed by atoms with Gasteiger partial charge in [0.2, 0.25) is 0 Å². The topological polar surface area (TPSA) is 59.3 Å². The van der Waals surface area contributed by atoms with Crippen LogP contribution in [0.5, 0.6) is 5.75 Å². The van der Waals surface area contributed by atoms with Crippen LogP contribution in [0.3, 0.4) is 0 Å². The number of hydrogen-bond donors (Lipinski definition) is 2. The van der Waals surface area contributed by atoms with Crippen LogP contribution in [0.15, 0.2) is 54.6 Å². The van der Waals surface area contributed by atoms with E-state index in [1.807, 2.05) is 54.1 Å². The Kier molecular flexibility index (Phi) is 5.36. The van der Waals surface area contributed by atoms with E-state index in [9.17, 15) is 0 Å². The molecule has 0 saturated carbocycles. The molecule has 3 aromatic rings. The molecule has 5 nitrogen and oxygen atoms in total. The molecule has 0 bridgehead atoms. The highest BCUT2D eigenvalue weighted by Crippen LogP contribution is 2.20. The lowest BCUT2D eigenvalue weighted by atomic mass is 10.2. The molecular formula is C20H23N3O2. The molecule has 130 valence electrons. The first-order chi connectivity index (χ1) is 12.2. The van der Waals surface area contributed by atoms with Gasteiger partial charge in [0.15, 0.2) is 0 Å². The second-order valence-corrected chi connectivity index (χ2v) is 5.85. The molecule has 0 aliphatic carbocycles. The molecule has 2 aromatic carbocycles. The van der Waals surface area contributed by atoms with Gasteiger partial charge in [-0.3, -0.25) is 0 Å². The van der Waals surface area contributed by atoms with E-state index < -0.39 is 0 Å². The third-order valence-electron chi connectivity index (χ3n) is 4.13. The van der Waals surface area contributed by atoms with Gasteiger partial charge in [-0.1, -0.05) is 18.2 Å².